The highest BCUT2D eigenvalue weighted by Crippen LogP contribution is 2.34. The average Bonchev–Trinajstić information content (AvgIpc) is 2.32. The van der Waals surface area contributed by atoms with Crippen LogP contribution in [0.4, 0.5) is 32.0 Å². The number of hydrogen-bond acceptors (Lipinski definition) is 3. The van der Waals surface area contributed by atoms with Crippen molar-refractivity contribution in [3.63, 3.8) is 0 Å². The summed E-state index contributed by atoms with van der Waals surface area (Å²) in [6.07, 6.45) is -9.06. The van der Waals surface area contributed by atoms with Gasteiger partial charge < -0.3 is 11.1 Å². The molecule has 0 aliphatic carbocycles. The third-order valence-electron chi connectivity index (χ3n) is 2.18. The molecule has 21 heavy (non-hydrogen) atoms. The maximum Gasteiger partial charge on any atom is 0.416 e. The van der Waals surface area contributed by atoms with Crippen LogP contribution in [0.2, 0.25) is 0 Å². The summed E-state index contributed by atoms with van der Waals surface area (Å²) < 4.78 is 72.7. The molecule has 3 N–H and O–H groups in total. The lowest BCUT2D eigenvalue weighted by Gasteiger charge is -2.11. The molecule has 0 bridgehead atoms. The van der Waals surface area contributed by atoms with Gasteiger partial charge in [0.05, 0.1) is 11.3 Å². The summed E-state index contributed by atoms with van der Waals surface area (Å²) in [7, 11) is 0. The minimum absolute atomic E-state index is 0.185. The van der Waals surface area contributed by atoms with Gasteiger partial charge in [0, 0.05) is 10.6 Å². The summed E-state index contributed by atoms with van der Waals surface area (Å²) in [6, 6.07) is 2.56. The normalized spacial score (nSPS) is 12.3. The van der Waals surface area contributed by atoms with Crippen molar-refractivity contribution >= 4 is 23.4 Å². The van der Waals surface area contributed by atoms with Crippen LogP contribution in [0.3, 0.4) is 0 Å². The van der Waals surface area contributed by atoms with Gasteiger partial charge in [0.25, 0.3) is 0 Å². The van der Waals surface area contributed by atoms with Gasteiger partial charge in [0.15, 0.2) is 0 Å². The molecule has 0 heterocycles. The number of hydrogen-bond donors (Lipinski definition) is 2. The van der Waals surface area contributed by atoms with Gasteiger partial charge in [-0.25, -0.2) is 0 Å². The Morgan fingerprint density at radius 3 is 2.29 bits per heavy atom. The predicted octanol–water partition coefficient (Wildman–Crippen LogP) is 3.06. The van der Waals surface area contributed by atoms with Crippen LogP contribution in [0, 0.1) is 0 Å². The number of nitrogens with two attached hydrogens (primary N) is 1. The summed E-state index contributed by atoms with van der Waals surface area (Å²) in [4.78, 5) is 11.3. The van der Waals surface area contributed by atoms with E-state index in [9.17, 15) is 31.1 Å². The standard InChI is InChI=1S/C11H10F6N2OS/c12-10(13,14)5-19-9(20)4-21-8-2-1-6(3-7(8)18)11(15,16)17/h1-3H,4-5,18H2,(H,19,20). The van der Waals surface area contributed by atoms with E-state index < -0.39 is 30.4 Å². The Hall–Kier alpha value is -1.58. The number of carbonyl (C=O) groups is 1. The highest BCUT2D eigenvalue weighted by molar-refractivity contribution is 8.00. The van der Waals surface area contributed by atoms with E-state index >= 15 is 0 Å². The summed E-state index contributed by atoms with van der Waals surface area (Å²) >= 11 is 0.753. The Morgan fingerprint density at radius 2 is 1.81 bits per heavy atom. The molecule has 0 aliphatic heterocycles. The van der Waals surface area contributed by atoms with Crippen molar-refractivity contribution in [1.29, 1.82) is 0 Å². The molecule has 118 valence electrons. The minimum atomic E-state index is -4.54. The Kier molecular flexibility index (Phi) is 5.37. The first kappa shape index (κ1) is 17.5. The van der Waals surface area contributed by atoms with E-state index in [-0.39, 0.29) is 16.3 Å². The highest BCUT2D eigenvalue weighted by Gasteiger charge is 2.31. The SMILES string of the molecule is Nc1cc(C(F)(F)F)ccc1SCC(=O)NCC(F)(F)F. The molecule has 0 radical (unpaired) electrons. The van der Waals surface area contributed by atoms with E-state index in [1.807, 2.05) is 0 Å². The molecule has 10 heteroatoms. The van der Waals surface area contributed by atoms with Crippen molar-refractivity contribution in [2.24, 2.45) is 0 Å². The second-order valence-electron chi connectivity index (χ2n) is 3.93. The third kappa shape index (κ3) is 6.15. The number of amides is 1. The first-order valence-corrected chi connectivity index (χ1v) is 6.40. The van der Waals surface area contributed by atoms with Crippen molar-refractivity contribution in [3.05, 3.63) is 23.8 Å². The highest BCUT2D eigenvalue weighted by atomic mass is 32.2. The van der Waals surface area contributed by atoms with Gasteiger partial charge in [0.2, 0.25) is 5.91 Å². The molecule has 3 nitrogen and oxygen atoms in total. The third-order valence-corrected chi connectivity index (χ3v) is 3.27. The fourth-order valence-electron chi connectivity index (χ4n) is 1.25. The zero-order chi connectivity index (χ0) is 16.3. The molecule has 1 rings (SSSR count). The van der Waals surface area contributed by atoms with Gasteiger partial charge in [-0.1, -0.05) is 0 Å². The van der Waals surface area contributed by atoms with Crippen LogP contribution >= 0.6 is 11.8 Å². The van der Waals surface area contributed by atoms with Gasteiger partial charge >= 0.3 is 12.4 Å². The number of carbonyl (C=O) groups excluding carboxylic acids is 1. The van der Waals surface area contributed by atoms with Gasteiger partial charge in [-0.3, -0.25) is 4.79 Å². The first-order valence-electron chi connectivity index (χ1n) is 5.42. The predicted molar refractivity (Wildman–Crippen MR) is 65.6 cm³/mol. The summed E-state index contributed by atoms with van der Waals surface area (Å²) in [5, 5.41) is 1.64. The van der Waals surface area contributed by atoms with E-state index in [2.05, 4.69) is 0 Å². The molecule has 0 saturated carbocycles. The Bertz CT molecular complexity index is 514. The van der Waals surface area contributed by atoms with Crippen molar-refractivity contribution < 1.29 is 31.1 Å². The zero-order valence-electron chi connectivity index (χ0n) is 10.3. The monoisotopic (exact) mass is 332 g/mol. The van der Waals surface area contributed by atoms with Crippen LogP contribution in [0.15, 0.2) is 23.1 Å². The lowest BCUT2D eigenvalue weighted by molar-refractivity contribution is -0.137. The maximum absolute atomic E-state index is 12.4. The number of rotatable bonds is 4. The second-order valence-corrected chi connectivity index (χ2v) is 4.95. The molecule has 0 unspecified atom stereocenters. The molecule has 0 aromatic heterocycles. The van der Waals surface area contributed by atoms with E-state index in [4.69, 9.17) is 5.73 Å². The average molecular weight is 332 g/mol. The van der Waals surface area contributed by atoms with Gasteiger partial charge in [-0.15, -0.1) is 11.8 Å². The van der Waals surface area contributed by atoms with E-state index in [1.54, 1.807) is 5.32 Å². The Balaban J connectivity index is 2.58. The molecule has 1 aromatic rings. The molecule has 1 amide bonds. The molecule has 0 saturated heterocycles. The van der Waals surface area contributed by atoms with Crippen LogP contribution in [-0.2, 0) is 11.0 Å². The molecule has 0 aliphatic rings. The van der Waals surface area contributed by atoms with Gasteiger partial charge in [-0.05, 0) is 18.2 Å². The van der Waals surface area contributed by atoms with Crippen molar-refractivity contribution in [2.45, 2.75) is 17.2 Å². The summed E-state index contributed by atoms with van der Waals surface area (Å²) in [6.45, 7) is -1.46. The van der Waals surface area contributed by atoms with Crippen LogP contribution in [0.1, 0.15) is 5.56 Å². The Labute approximate surface area is 119 Å². The van der Waals surface area contributed by atoms with Crippen LogP contribution in [0.5, 0.6) is 0 Å². The lowest BCUT2D eigenvalue weighted by atomic mass is 10.2. The number of benzene rings is 1. The quantitative estimate of drug-likeness (QED) is 0.506. The van der Waals surface area contributed by atoms with E-state index in [0.717, 1.165) is 23.9 Å². The van der Waals surface area contributed by atoms with Crippen molar-refractivity contribution in [1.82, 2.24) is 5.32 Å². The van der Waals surface area contributed by atoms with Crippen LogP contribution in [-0.4, -0.2) is 24.4 Å². The number of nitrogen functional groups attached to an aromatic ring is 1. The first-order chi connectivity index (χ1) is 9.49. The molecule has 0 spiro atoms. The topological polar surface area (TPSA) is 55.1 Å². The number of anilines is 1. The molecule has 1 aromatic carbocycles. The largest absolute Gasteiger partial charge is 0.416 e. The molecule has 0 fully saturated rings. The van der Waals surface area contributed by atoms with Crippen LogP contribution in [0.25, 0.3) is 0 Å². The summed E-state index contributed by atoms with van der Waals surface area (Å²) in [5.41, 5.74) is 4.28. The number of nitrogens with one attached hydrogen (secondary N) is 1. The fourth-order valence-corrected chi connectivity index (χ4v) is 2.03. The fraction of sp³-hybridized carbons (Fsp3) is 0.364. The second kappa shape index (κ2) is 6.46. The minimum Gasteiger partial charge on any atom is -0.398 e. The van der Waals surface area contributed by atoms with Crippen LogP contribution < -0.4 is 11.1 Å². The number of halogens is 6. The zero-order valence-corrected chi connectivity index (χ0v) is 11.1. The molecule has 0 atom stereocenters. The van der Waals surface area contributed by atoms with E-state index in [0.29, 0.717) is 6.07 Å². The maximum atomic E-state index is 12.4. The summed E-state index contributed by atoms with van der Waals surface area (Å²) in [5.74, 6) is -1.28. The Morgan fingerprint density at radius 1 is 1.19 bits per heavy atom. The van der Waals surface area contributed by atoms with Crippen molar-refractivity contribution in [3.8, 4) is 0 Å². The van der Waals surface area contributed by atoms with E-state index in [1.165, 1.54) is 0 Å². The lowest BCUT2D eigenvalue weighted by Crippen LogP contribution is -2.34. The smallest absolute Gasteiger partial charge is 0.398 e. The van der Waals surface area contributed by atoms with Crippen molar-refractivity contribution in [2.75, 3.05) is 18.0 Å². The van der Waals surface area contributed by atoms with Gasteiger partial charge in [0.1, 0.15) is 6.54 Å². The van der Waals surface area contributed by atoms with Gasteiger partial charge in [-0.2, -0.15) is 26.3 Å². The number of thioether (sulfide) groups is 1. The number of alkyl halides is 6. The molecular formula is C11H10F6N2OS. The molecular weight excluding hydrogens is 322 g/mol.